The molecule has 118 valence electrons. The minimum atomic E-state index is -4.10. The van der Waals surface area contributed by atoms with Crippen molar-refractivity contribution in [1.82, 2.24) is 4.31 Å². The van der Waals surface area contributed by atoms with Crippen molar-refractivity contribution in [3.8, 4) is 0 Å². The second-order valence-electron chi connectivity index (χ2n) is 4.52. The maximum atomic E-state index is 12.5. The van der Waals surface area contributed by atoms with Crippen LogP contribution in [0.4, 0.5) is 11.4 Å². The van der Waals surface area contributed by atoms with Gasteiger partial charge in [-0.3, -0.25) is 16.0 Å². The van der Waals surface area contributed by atoms with Gasteiger partial charge in [0.25, 0.3) is 5.69 Å². The van der Waals surface area contributed by atoms with Crippen molar-refractivity contribution in [2.75, 3.05) is 18.6 Å². The summed E-state index contributed by atoms with van der Waals surface area (Å²) in [5, 5.41) is 20.1. The molecule has 0 aliphatic carbocycles. The first-order valence-corrected chi connectivity index (χ1v) is 7.57. The summed E-state index contributed by atoms with van der Waals surface area (Å²) in [6.45, 7) is 2.71. The molecule has 21 heavy (non-hydrogen) atoms. The zero-order chi connectivity index (χ0) is 16.2. The molecular formula is C11H18N4O5S. The van der Waals surface area contributed by atoms with Gasteiger partial charge >= 0.3 is 0 Å². The van der Waals surface area contributed by atoms with Gasteiger partial charge in [-0.15, -0.1) is 0 Å². The van der Waals surface area contributed by atoms with Crippen LogP contribution in [0.25, 0.3) is 0 Å². The molecule has 0 unspecified atom stereocenters. The number of nitro groups is 1. The normalized spacial score (nSPS) is 11.9. The van der Waals surface area contributed by atoms with E-state index in [1.807, 2.05) is 0 Å². The predicted octanol–water partition coefficient (Wildman–Crippen LogP) is 0.272. The van der Waals surface area contributed by atoms with E-state index in [0.29, 0.717) is 0 Å². The van der Waals surface area contributed by atoms with Gasteiger partial charge in [0.2, 0.25) is 10.0 Å². The molecule has 0 aliphatic rings. The van der Waals surface area contributed by atoms with Gasteiger partial charge < -0.3 is 10.5 Å². The van der Waals surface area contributed by atoms with Crippen LogP contribution in [-0.2, 0) is 10.0 Å². The molecule has 0 fully saturated rings. The fourth-order valence-electron chi connectivity index (χ4n) is 1.85. The topological polar surface area (TPSA) is 139 Å². The summed E-state index contributed by atoms with van der Waals surface area (Å²) in [6.07, 6.45) is 0. The van der Waals surface area contributed by atoms with E-state index in [0.717, 1.165) is 16.4 Å². The van der Waals surface area contributed by atoms with E-state index in [-0.39, 0.29) is 18.8 Å². The van der Waals surface area contributed by atoms with Gasteiger partial charge in [0.15, 0.2) is 4.90 Å². The van der Waals surface area contributed by atoms with Crippen molar-refractivity contribution in [3.63, 3.8) is 0 Å². The van der Waals surface area contributed by atoms with E-state index >= 15 is 0 Å². The Morgan fingerprint density at radius 1 is 1.48 bits per heavy atom. The molecule has 0 aromatic heterocycles. The summed E-state index contributed by atoms with van der Waals surface area (Å²) in [6, 6.07) is 3.05. The fraction of sp³-hybridized carbons (Fsp3) is 0.455. The third-order valence-corrected chi connectivity index (χ3v) is 4.93. The molecule has 0 aliphatic heterocycles. The minimum absolute atomic E-state index is 0.145. The Kier molecular flexibility index (Phi) is 5.61. The summed E-state index contributed by atoms with van der Waals surface area (Å²) in [5.41, 5.74) is 1.87. The number of rotatable bonds is 7. The predicted molar refractivity (Wildman–Crippen MR) is 77.0 cm³/mol. The number of nitrogens with zero attached hydrogens (tertiary/aromatic N) is 2. The second-order valence-corrected chi connectivity index (χ2v) is 6.38. The van der Waals surface area contributed by atoms with Crippen LogP contribution in [-0.4, -0.2) is 41.9 Å². The Bertz CT molecular complexity index is 617. The molecule has 1 aromatic rings. The molecular weight excluding hydrogens is 300 g/mol. The van der Waals surface area contributed by atoms with Crippen LogP contribution in [0.15, 0.2) is 23.1 Å². The third kappa shape index (κ3) is 3.67. The molecule has 0 spiro atoms. The summed E-state index contributed by atoms with van der Waals surface area (Å²) in [4.78, 5) is 9.87. The average molecular weight is 318 g/mol. The SMILES string of the molecule is CC(C)N(CCO)S(=O)(=O)c1ccc(NN)cc1[N+](=O)[O-]. The van der Waals surface area contributed by atoms with Gasteiger partial charge in [-0.2, -0.15) is 4.31 Å². The van der Waals surface area contributed by atoms with E-state index < -0.39 is 31.6 Å². The van der Waals surface area contributed by atoms with Crippen molar-refractivity contribution in [2.24, 2.45) is 5.84 Å². The van der Waals surface area contributed by atoms with E-state index in [1.54, 1.807) is 13.8 Å². The van der Waals surface area contributed by atoms with E-state index in [4.69, 9.17) is 10.9 Å². The molecule has 4 N–H and O–H groups in total. The minimum Gasteiger partial charge on any atom is -0.395 e. The number of nitrogen functional groups attached to an aromatic ring is 1. The summed E-state index contributed by atoms with van der Waals surface area (Å²) >= 11 is 0. The van der Waals surface area contributed by atoms with E-state index in [1.165, 1.54) is 6.07 Å². The molecule has 0 heterocycles. The molecule has 10 heteroatoms. The molecule has 0 saturated heterocycles. The van der Waals surface area contributed by atoms with Gasteiger partial charge in [0.05, 0.1) is 17.2 Å². The summed E-state index contributed by atoms with van der Waals surface area (Å²) in [7, 11) is -4.10. The van der Waals surface area contributed by atoms with Crippen molar-refractivity contribution >= 4 is 21.4 Å². The van der Waals surface area contributed by atoms with Gasteiger partial charge in [-0.05, 0) is 26.0 Å². The van der Waals surface area contributed by atoms with Crippen molar-refractivity contribution < 1.29 is 18.4 Å². The van der Waals surface area contributed by atoms with Crippen molar-refractivity contribution in [1.29, 1.82) is 0 Å². The Morgan fingerprint density at radius 2 is 2.10 bits per heavy atom. The highest BCUT2D eigenvalue weighted by Gasteiger charge is 2.33. The second kappa shape index (κ2) is 6.80. The maximum absolute atomic E-state index is 12.5. The average Bonchev–Trinajstić information content (AvgIpc) is 2.43. The molecule has 9 nitrogen and oxygen atoms in total. The lowest BCUT2D eigenvalue weighted by atomic mass is 10.3. The number of hydrogen-bond donors (Lipinski definition) is 3. The highest BCUT2D eigenvalue weighted by molar-refractivity contribution is 7.89. The molecule has 0 bridgehead atoms. The maximum Gasteiger partial charge on any atom is 0.291 e. The molecule has 1 rings (SSSR count). The highest BCUT2D eigenvalue weighted by atomic mass is 32.2. The van der Waals surface area contributed by atoms with Crippen LogP contribution in [0, 0.1) is 10.1 Å². The van der Waals surface area contributed by atoms with Gasteiger partial charge in [0.1, 0.15) is 0 Å². The van der Waals surface area contributed by atoms with Gasteiger partial charge in [0, 0.05) is 18.7 Å². The van der Waals surface area contributed by atoms with Crippen LogP contribution in [0.3, 0.4) is 0 Å². The number of hydrazine groups is 1. The lowest BCUT2D eigenvalue weighted by Gasteiger charge is -2.24. The zero-order valence-corrected chi connectivity index (χ0v) is 12.5. The Labute approximate surface area is 122 Å². The van der Waals surface area contributed by atoms with Crippen LogP contribution in [0.2, 0.25) is 0 Å². The first-order valence-electron chi connectivity index (χ1n) is 6.13. The van der Waals surface area contributed by atoms with Gasteiger partial charge in [-0.25, -0.2) is 8.42 Å². The number of nitrogens with two attached hydrogens (primary N) is 1. The Morgan fingerprint density at radius 3 is 2.52 bits per heavy atom. The number of nitro benzene ring substituents is 1. The number of hydrogen-bond acceptors (Lipinski definition) is 7. The molecule has 0 amide bonds. The van der Waals surface area contributed by atoms with Crippen LogP contribution >= 0.6 is 0 Å². The summed E-state index contributed by atoms with van der Waals surface area (Å²) in [5.74, 6) is 5.17. The molecule has 0 saturated carbocycles. The number of anilines is 1. The lowest BCUT2D eigenvalue weighted by Crippen LogP contribution is -2.39. The summed E-state index contributed by atoms with van der Waals surface area (Å²) < 4.78 is 26.1. The standard InChI is InChI=1S/C11H18N4O5S/c1-8(2)14(5-6-16)21(19,20)11-4-3-9(13-12)7-10(11)15(17)18/h3-4,7-8,13,16H,5-6,12H2,1-2H3. The number of nitrogens with one attached hydrogen (secondary N) is 1. The first-order chi connectivity index (χ1) is 9.75. The largest absolute Gasteiger partial charge is 0.395 e. The van der Waals surface area contributed by atoms with Crippen molar-refractivity contribution in [2.45, 2.75) is 24.8 Å². The highest BCUT2D eigenvalue weighted by Crippen LogP contribution is 2.30. The first kappa shape index (κ1) is 17.3. The molecule has 0 radical (unpaired) electrons. The quantitative estimate of drug-likeness (QED) is 0.372. The number of aliphatic hydroxyl groups excluding tert-OH is 1. The number of aliphatic hydroxyl groups is 1. The van der Waals surface area contributed by atoms with Crippen LogP contribution in [0.5, 0.6) is 0 Å². The van der Waals surface area contributed by atoms with Crippen LogP contribution < -0.4 is 11.3 Å². The van der Waals surface area contributed by atoms with E-state index in [9.17, 15) is 18.5 Å². The number of benzene rings is 1. The van der Waals surface area contributed by atoms with Crippen LogP contribution in [0.1, 0.15) is 13.8 Å². The monoisotopic (exact) mass is 318 g/mol. The molecule has 1 aromatic carbocycles. The Balaban J connectivity index is 3.46. The van der Waals surface area contributed by atoms with Crippen molar-refractivity contribution in [3.05, 3.63) is 28.3 Å². The number of sulfonamides is 1. The van der Waals surface area contributed by atoms with Gasteiger partial charge in [-0.1, -0.05) is 0 Å². The molecule has 0 atom stereocenters. The van der Waals surface area contributed by atoms with E-state index in [2.05, 4.69) is 5.43 Å². The Hall–Kier alpha value is -1.75. The third-order valence-electron chi connectivity index (χ3n) is 2.81. The lowest BCUT2D eigenvalue weighted by molar-refractivity contribution is -0.387. The smallest absolute Gasteiger partial charge is 0.291 e. The fourth-order valence-corrected chi connectivity index (χ4v) is 3.62. The zero-order valence-electron chi connectivity index (χ0n) is 11.7.